The number of aromatic nitrogens is 2. The van der Waals surface area contributed by atoms with Gasteiger partial charge in [0.25, 0.3) is 5.91 Å². The summed E-state index contributed by atoms with van der Waals surface area (Å²) in [6, 6.07) is 16.9. The van der Waals surface area contributed by atoms with Crippen molar-refractivity contribution >= 4 is 17.6 Å². The number of rotatable bonds is 7. The van der Waals surface area contributed by atoms with Gasteiger partial charge in [0, 0.05) is 43.3 Å². The maximum Gasteiger partial charge on any atom is 0.254 e. The number of ether oxygens (including phenoxy) is 3. The van der Waals surface area contributed by atoms with E-state index in [1.807, 2.05) is 41.3 Å². The molecule has 0 spiro atoms. The lowest BCUT2D eigenvalue weighted by molar-refractivity contribution is -0.132. The van der Waals surface area contributed by atoms with Crippen molar-refractivity contribution < 1.29 is 23.8 Å². The van der Waals surface area contributed by atoms with Crippen LogP contribution in [0.4, 0.5) is 5.82 Å². The molecular formula is C28H29N5O5. The first-order chi connectivity index (χ1) is 18.6. The lowest BCUT2D eigenvalue weighted by atomic mass is 10.1. The smallest absolute Gasteiger partial charge is 0.254 e. The summed E-state index contributed by atoms with van der Waals surface area (Å²) in [5.74, 6) is 2.56. The molecule has 2 fully saturated rings. The third-order valence-electron chi connectivity index (χ3n) is 7.15. The molecule has 1 saturated heterocycles. The Labute approximate surface area is 220 Å². The van der Waals surface area contributed by atoms with E-state index in [9.17, 15) is 9.59 Å². The Kier molecular flexibility index (Phi) is 6.45. The highest BCUT2D eigenvalue weighted by Crippen LogP contribution is 2.34. The number of hydrogen-bond acceptors (Lipinski definition) is 8. The molecule has 1 aromatic heterocycles. The number of piperazine rings is 1. The Balaban J connectivity index is 1.06. The van der Waals surface area contributed by atoms with Crippen molar-refractivity contribution in [2.24, 2.45) is 0 Å². The second kappa shape index (κ2) is 10.2. The fourth-order valence-electron chi connectivity index (χ4n) is 4.81. The van der Waals surface area contributed by atoms with Gasteiger partial charge < -0.3 is 28.9 Å². The number of fused-ring (bicyclic) bond motifs is 1. The first-order valence-electron chi connectivity index (χ1n) is 12.8. The van der Waals surface area contributed by atoms with Crippen molar-refractivity contribution in [1.29, 1.82) is 0 Å². The van der Waals surface area contributed by atoms with E-state index in [-0.39, 0.29) is 31.2 Å². The van der Waals surface area contributed by atoms with Gasteiger partial charge in [-0.3, -0.25) is 9.59 Å². The van der Waals surface area contributed by atoms with Crippen LogP contribution in [0.15, 0.2) is 54.6 Å². The molecule has 3 aliphatic rings. The molecule has 38 heavy (non-hydrogen) atoms. The molecule has 1 aliphatic carbocycles. The van der Waals surface area contributed by atoms with Crippen molar-refractivity contribution in [2.75, 3.05) is 51.5 Å². The van der Waals surface area contributed by atoms with Gasteiger partial charge in [-0.05, 0) is 55.3 Å². The van der Waals surface area contributed by atoms with Crippen LogP contribution in [-0.4, -0.2) is 84.5 Å². The van der Waals surface area contributed by atoms with Crippen molar-refractivity contribution in [3.05, 3.63) is 60.2 Å². The standard InChI is InChI=1S/C28H29N5O5/c1-36-22-4-2-3-19(15-22)23-8-10-26(30-29-23)31-11-13-32(14-12-31)27(34)17-33(21-6-7-21)28(35)20-5-9-24-25(16-20)38-18-37-24/h2-5,8-10,15-16,21H,6-7,11-14,17-18H2,1H3. The minimum absolute atomic E-state index is 0.0369. The largest absolute Gasteiger partial charge is 0.497 e. The molecule has 10 nitrogen and oxygen atoms in total. The summed E-state index contributed by atoms with van der Waals surface area (Å²) in [5, 5.41) is 8.83. The molecule has 0 atom stereocenters. The van der Waals surface area contributed by atoms with Crippen LogP contribution in [0.2, 0.25) is 0 Å². The van der Waals surface area contributed by atoms with Crippen LogP contribution in [-0.2, 0) is 4.79 Å². The number of nitrogens with zero attached hydrogens (tertiary/aromatic N) is 5. The van der Waals surface area contributed by atoms with Crippen LogP contribution < -0.4 is 19.1 Å². The first kappa shape index (κ1) is 24.0. The first-order valence-corrected chi connectivity index (χ1v) is 12.8. The number of methoxy groups -OCH3 is 1. The third-order valence-corrected chi connectivity index (χ3v) is 7.15. The minimum atomic E-state index is -0.149. The summed E-state index contributed by atoms with van der Waals surface area (Å²) < 4.78 is 16.1. The molecule has 2 amide bonds. The zero-order valence-corrected chi connectivity index (χ0v) is 21.2. The highest BCUT2D eigenvalue weighted by molar-refractivity contribution is 5.97. The average molecular weight is 516 g/mol. The van der Waals surface area contributed by atoms with Crippen LogP contribution in [0, 0.1) is 0 Å². The fraction of sp³-hybridized carbons (Fsp3) is 0.357. The maximum atomic E-state index is 13.3. The van der Waals surface area contributed by atoms with E-state index in [1.54, 1.807) is 30.2 Å². The van der Waals surface area contributed by atoms with Gasteiger partial charge in [0.2, 0.25) is 12.7 Å². The Hall–Kier alpha value is -4.34. The van der Waals surface area contributed by atoms with Crippen LogP contribution in [0.5, 0.6) is 17.2 Å². The van der Waals surface area contributed by atoms with Crippen LogP contribution in [0.1, 0.15) is 23.2 Å². The normalized spacial score (nSPS) is 16.3. The monoisotopic (exact) mass is 515 g/mol. The van der Waals surface area contributed by atoms with Gasteiger partial charge in [0.15, 0.2) is 17.3 Å². The summed E-state index contributed by atoms with van der Waals surface area (Å²) in [5.41, 5.74) is 2.22. The summed E-state index contributed by atoms with van der Waals surface area (Å²) in [4.78, 5) is 32.1. The molecule has 3 heterocycles. The number of carbonyl (C=O) groups excluding carboxylic acids is 2. The Bertz CT molecular complexity index is 1340. The minimum Gasteiger partial charge on any atom is -0.497 e. The van der Waals surface area contributed by atoms with Gasteiger partial charge in [0.1, 0.15) is 12.3 Å². The molecular weight excluding hydrogens is 486 g/mol. The van der Waals surface area contributed by atoms with Gasteiger partial charge in [-0.2, -0.15) is 0 Å². The van der Waals surface area contributed by atoms with Gasteiger partial charge in [-0.1, -0.05) is 12.1 Å². The summed E-state index contributed by atoms with van der Waals surface area (Å²) in [6.45, 7) is 2.66. The van der Waals surface area contributed by atoms with E-state index in [0.717, 1.165) is 35.7 Å². The topological polar surface area (TPSA) is 97.3 Å². The molecule has 0 N–H and O–H groups in total. The van der Waals surface area contributed by atoms with Crippen molar-refractivity contribution in [3.63, 3.8) is 0 Å². The number of carbonyl (C=O) groups is 2. The predicted octanol–water partition coefficient (Wildman–Crippen LogP) is 2.83. The van der Waals surface area contributed by atoms with Crippen LogP contribution in [0.25, 0.3) is 11.3 Å². The lowest BCUT2D eigenvalue weighted by Crippen LogP contribution is -2.52. The second-order valence-corrected chi connectivity index (χ2v) is 9.61. The van der Waals surface area contributed by atoms with Crippen LogP contribution >= 0.6 is 0 Å². The number of amides is 2. The third kappa shape index (κ3) is 4.93. The molecule has 0 radical (unpaired) electrons. The fourth-order valence-corrected chi connectivity index (χ4v) is 4.81. The molecule has 10 heteroatoms. The number of benzene rings is 2. The Morgan fingerprint density at radius 3 is 2.53 bits per heavy atom. The molecule has 0 unspecified atom stereocenters. The molecule has 2 aliphatic heterocycles. The lowest BCUT2D eigenvalue weighted by Gasteiger charge is -2.36. The predicted molar refractivity (Wildman–Crippen MR) is 139 cm³/mol. The van der Waals surface area contributed by atoms with E-state index >= 15 is 0 Å². The quantitative estimate of drug-likeness (QED) is 0.474. The van der Waals surface area contributed by atoms with E-state index in [2.05, 4.69) is 15.1 Å². The highest BCUT2D eigenvalue weighted by atomic mass is 16.7. The van der Waals surface area contributed by atoms with Crippen molar-refractivity contribution in [3.8, 4) is 28.5 Å². The maximum absolute atomic E-state index is 13.3. The number of hydrogen-bond donors (Lipinski definition) is 0. The highest BCUT2D eigenvalue weighted by Gasteiger charge is 2.36. The molecule has 0 bridgehead atoms. The Morgan fingerprint density at radius 2 is 1.79 bits per heavy atom. The zero-order chi connectivity index (χ0) is 26.1. The van der Waals surface area contributed by atoms with E-state index in [0.29, 0.717) is 43.2 Å². The molecule has 1 saturated carbocycles. The summed E-state index contributed by atoms with van der Waals surface area (Å²) in [6.07, 6.45) is 1.84. The molecule has 196 valence electrons. The zero-order valence-electron chi connectivity index (χ0n) is 21.2. The van der Waals surface area contributed by atoms with E-state index in [4.69, 9.17) is 14.2 Å². The average Bonchev–Trinajstić information content (AvgIpc) is 3.71. The van der Waals surface area contributed by atoms with Crippen molar-refractivity contribution in [1.82, 2.24) is 20.0 Å². The summed E-state index contributed by atoms with van der Waals surface area (Å²) in [7, 11) is 1.64. The SMILES string of the molecule is COc1cccc(-c2ccc(N3CCN(C(=O)CN(C(=O)c4ccc5c(c4)OCO5)C4CC4)CC3)nn2)c1. The van der Waals surface area contributed by atoms with E-state index < -0.39 is 0 Å². The van der Waals surface area contributed by atoms with Gasteiger partial charge in [0.05, 0.1) is 12.8 Å². The number of anilines is 1. The van der Waals surface area contributed by atoms with Gasteiger partial charge >= 0.3 is 0 Å². The molecule has 3 aromatic rings. The van der Waals surface area contributed by atoms with Gasteiger partial charge in [-0.25, -0.2) is 0 Å². The second-order valence-electron chi connectivity index (χ2n) is 9.61. The van der Waals surface area contributed by atoms with Gasteiger partial charge in [-0.15, -0.1) is 10.2 Å². The van der Waals surface area contributed by atoms with E-state index in [1.165, 1.54) is 0 Å². The van der Waals surface area contributed by atoms with Crippen molar-refractivity contribution in [2.45, 2.75) is 18.9 Å². The van der Waals surface area contributed by atoms with Crippen LogP contribution in [0.3, 0.4) is 0 Å². The summed E-state index contributed by atoms with van der Waals surface area (Å²) >= 11 is 0. The Morgan fingerprint density at radius 1 is 0.974 bits per heavy atom. The molecule has 6 rings (SSSR count). The molecule has 2 aromatic carbocycles.